The lowest BCUT2D eigenvalue weighted by Crippen LogP contribution is -2.38. The van der Waals surface area contributed by atoms with Gasteiger partial charge in [-0.15, -0.1) is 0 Å². The van der Waals surface area contributed by atoms with Crippen LogP contribution < -0.4 is 14.5 Å². The van der Waals surface area contributed by atoms with E-state index in [1.54, 1.807) is 11.6 Å². The van der Waals surface area contributed by atoms with E-state index in [0.717, 1.165) is 34.2 Å². The molecule has 6 rings (SSSR count). The van der Waals surface area contributed by atoms with Crippen LogP contribution in [-0.4, -0.2) is 83.7 Å². The van der Waals surface area contributed by atoms with Crippen molar-refractivity contribution in [2.45, 2.75) is 58.4 Å². The monoisotopic (exact) mass is 664 g/mol. The summed E-state index contributed by atoms with van der Waals surface area (Å²) in [6.07, 6.45) is -1.52. The summed E-state index contributed by atoms with van der Waals surface area (Å²) in [7, 11) is 0.365. The fourth-order valence-electron chi connectivity index (χ4n) is 5.56. The van der Waals surface area contributed by atoms with Gasteiger partial charge in [0.25, 0.3) is 0 Å². The molecule has 14 heteroatoms. The van der Waals surface area contributed by atoms with E-state index in [1.807, 2.05) is 53.4 Å². The number of ether oxygens (including phenoxy) is 3. The van der Waals surface area contributed by atoms with Crippen LogP contribution in [0.15, 0.2) is 54.7 Å². The van der Waals surface area contributed by atoms with Crippen molar-refractivity contribution in [1.29, 1.82) is 0 Å². The van der Waals surface area contributed by atoms with Gasteiger partial charge in [0, 0.05) is 46.3 Å². The summed E-state index contributed by atoms with van der Waals surface area (Å²) in [4.78, 5) is 18.9. The molecule has 0 saturated carbocycles. The Labute approximate surface area is 274 Å². The quantitative estimate of drug-likeness (QED) is 0.110. The molecule has 1 saturated heterocycles. The molecule has 1 aliphatic heterocycles. The normalized spacial score (nSPS) is 14.1. The predicted molar refractivity (Wildman–Crippen MR) is 180 cm³/mol. The summed E-state index contributed by atoms with van der Waals surface area (Å²) in [6.45, 7) is 11.1. The average molecular weight is 665 g/mol. The number of hydrogen-bond donors (Lipinski definition) is 0. The molecule has 1 aliphatic rings. The van der Waals surface area contributed by atoms with E-state index in [2.05, 4.69) is 34.2 Å². The van der Waals surface area contributed by atoms with Crippen molar-refractivity contribution in [3.05, 3.63) is 71.7 Å². The Morgan fingerprint density at radius 2 is 1.74 bits per heavy atom. The zero-order valence-corrected chi connectivity index (χ0v) is 28.4. The first-order valence-electron chi connectivity index (χ1n) is 15.9. The summed E-state index contributed by atoms with van der Waals surface area (Å²) in [6, 6.07) is 16.9. The first kappa shape index (κ1) is 32.8. The van der Waals surface area contributed by atoms with Gasteiger partial charge in [0.05, 0.1) is 44.1 Å². The topological polar surface area (TPSA) is 95.1 Å². The van der Waals surface area contributed by atoms with Crippen LogP contribution in [0.25, 0.3) is 16.7 Å². The van der Waals surface area contributed by atoms with Gasteiger partial charge >= 0.3 is 0 Å². The van der Waals surface area contributed by atoms with E-state index in [9.17, 15) is 8.78 Å². The van der Waals surface area contributed by atoms with Crippen LogP contribution in [0, 0.1) is 0 Å². The highest BCUT2D eigenvalue weighted by molar-refractivity contribution is 6.76. The number of alkyl halides is 2. The second-order valence-corrected chi connectivity index (χ2v) is 18.5. The van der Waals surface area contributed by atoms with Gasteiger partial charge in [0.2, 0.25) is 18.3 Å². The molecule has 4 heterocycles. The lowest BCUT2D eigenvalue weighted by atomic mass is 10.2. The molecule has 0 aliphatic carbocycles. The number of rotatable bonds is 14. The Kier molecular flexibility index (Phi) is 9.99. The number of para-hydroxylation sites is 2. The van der Waals surface area contributed by atoms with E-state index in [-0.39, 0.29) is 0 Å². The van der Waals surface area contributed by atoms with Gasteiger partial charge in [-0.3, -0.25) is 0 Å². The molecular weight excluding hydrogens is 622 g/mol. The molecule has 0 N–H and O–H groups in total. The SMILES string of the molecule is COc1ccc(CN(Cc2nc3ccccc3n2COCC[Si](C)(C)C)c2nc(N3CCOCC3)nc3c(CC(F)F)cnn23)cc1. The number of halogens is 2. The van der Waals surface area contributed by atoms with E-state index in [4.69, 9.17) is 29.2 Å². The van der Waals surface area contributed by atoms with Gasteiger partial charge < -0.3 is 28.6 Å². The fourth-order valence-corrected chi connectivity index (χ4v) is 6.32. The highest BCUT2D eigenvalue weighted by Gasteiger charge is 2.25. The number of aromatic nitrogens is 6. The summed E-state index contributed by atoms with van der Waals surface area (Å²) in [5, 5.41) is 4.54. The zero-order chi connectivity index (χ0) is 33.0. The number of methoxy groups -OCH3 is 1. The smallest absolute Gasteiger partial charge is 0.242 e. The van der Waals surface area contributed by atoms with Gasteiger partial charge in [-0.2, -0.15) is 19.6 Å². The van der Waals surface area contributed by atoms with Crippen LogP contribution in [0.3, 0.4) is 0 Å². The molecule has 0 amide bonds. The second-order valence-electron chi connectivity index (χ2n) is 12.9. The van der Waals surface area contributed by atoms with E-state index in [1.165, 1.54) is 6.20 Å². The molecule has 1 fully saturated rings. The van der Waals surface area contributed by atoms with Crippen molar-refractivity contribution in [2.24, 2.45) is 0 Å². The molecule has 250 valence electrons. The number of benzene rings is 2. The Hall–Kier alpha value is -4.14. The minimum absolute atomic E-state index is 0.344. The minimum Gasteiger partial charge on any atom is -0.497 e. The van der Waals surface area contributed by atoms with Gasteiger partial charge in [0.1, 0.15) is 18.3 Å². The van der Waals surface area contributed by atoms with Crippen LogP contribution in [0.2, 0.25) is 25.7 Å². The molecule has 11 nitrogen and oxygen atoms in total. The van der Waals surface area contributed by atoms with Crippen LogP contribution in [0.5, 0.6) is 5.75 Å². The number of anilines is 2. The third kappa shape index (κ3) is 7.88. The number of nitrogens with zero attached hydrogens (tertiary/aromatic N) is 8. The lowest BCUT2D eigenvalue weighted by molar-refractivity contribution is 0.0878. The molecule has 3 aromatic heterocycles. The maximum Gasteiger partial charge on any atom is 0.242 e. The number of morpholine rings is 1. The van der Waals surface area contributed by atoms with Crippen molar-refractivity contribution >= 4 is 36.7 Å². The van der Waals surface area contributed by atoms with E-state index < -0.39 is 20.9 Å². The van der Waals surface area contributed by atoms with Gasteiger partial charge in [0.15, 0.2) is 5.65 Å². The molecule has 2 aromatic carbocycles. The highest BCUT2D eigenvalue weighted by Crippen LogP contribution is 2.27. The summed E-state index contributed by atoms with van der Waals surface area (Å²) < 4.78 is 48.2. The van der Waals surface area contributed by atoms with Crippen LogP contribution in [0.4, 0.5) is 20.7 Å². The van der Waals surface area contributed by atoms with Gasteiger partial charge in [-0.25, -0.2) is 13.8 Å². The maximum absolute atomic E-state index is 13.7. The van der Waals surface area contributed by atoms with E-state index >= 15 is 0 Å². The Balaban J connectivity index is 1.44. The molecule has 0 unspecified atom stereocenters. The first-order chi connectivity index (χ1) is 22.7. The van der Waals surface area contributed by atoms with E-state index in [0.29, 0.717) is 75.8 Å². The standard InChI is InChI=1S/C33H42F2N8O3Si/c1-44-26-11-9-24(10-12-26)21-41(22-30-37-27-7-5-6-8-28(27)42(30)23-46-17-18-47(2,3)4)33-39-32(40-13-15-45-16-14-40)38-31-25(19-29(34)35)20-36-43(31)33/h5-12,20,29H,13-19,21-23H2,1-4H3. The highest BCUT2D eigenvalue weighted by atomic mass is 28.3. The minimum atomic E-state index is -2.54. The molecule has 47 heavy (non-hydrogen) atoms. The van der Waals surface area contributed by atoms with Crippen LogP contribution in [-0.2, 0) is 35.7 Å². The van der Waals surface area contributed by atoms with Crippen molar-refractivity contribution in [3.63, 3.8) is 0 Å². The Bertz CT molecular complexity index is 1780. The van der Waals surface area contributed by atoms with Crippen molar-refractivity contribution in [3.8, 4) is 5.75 Å². The van der Waals surface area contributed by atoms with Gasteiger partial charge in [-0.05, 0) is 35.9 Å². The Morgan fingerprint density at radius 1 is 0.979 bits per heavy atom. The van der Waals surface area contributed by atoms with Crippen molar-refractivity contribution in [1.82, 2.24) is 29.1 Å². The third-order valence-electron chi connectivity index (χ3n) is 8.18. The maximum atomic E-state index is 13.7. The molecule has 0 radical (unpaired) electrons. The first-order valence-corrected chi connectivity index (χ1v) is 19.6. The second kappa shape index (κ2) is 14.3. The molecular formula is C33H42F2N8O3Si. The zero-order valence-electron chi connectivity index (χ0n) is 27.4. The molecule has 0 spiro atoms. The summed E-state index contributed by atoms with van der Waals surface area (Å²) in [5.74, 6) is 2.47. The van der Waals surface area contributed by atoms with Gasteiger partial charge in [-0.1, -0.05) is 43.9 Å². The molecule has 0 bridgehead atoms. The largest absolute Gasteiger partial charge is 0.497 e. The number of imidazole rings is 1. The third-order valence-corrected chi connectivity index (χ3v) is 9.88. The fraction of sp³-hybridized carbons (Fsp3) is 0.455. The number of hydrogen-bond acceptors (Lipinski definition) is 9. The van der Waals surface area contributed by atoms with Crippen LogP contribution >= 0.6 is 0 Å². The number of fused-ring (bicyclic) bond motifs is 2. The lowest BCUT2D eigenvalue weighted by Gasteiger charge is -2.29. The summed E-state index contributed by atoms with van der Waals surface area (Å²) in [5.41, 5.74) is 3.56. The summed E-state index contributed by atoms with van der Waals surface area (Å²) >= 11 is 0. The molecule has 5 aromatic rings. The Morgan fingerprint density at radius 3 is 2.47 bits per heavy atom. The van der Waals surface area contributed by atoms with Crippen LogP contribution in [0.1, 0.15) is 17.0 Å². The molecule has 0 atom stereocenters. The predicted octanol–water partition coefficient (Wildman–Crippen LogP) is 5.65. The average Bonchev–Trinajstić information content (AvgIpc) is 3.62. The van der Waals surface area contributed by atoms with Crippen molar-refractivity contribution < 1.29 is 23.0 Å². The van der Waals surface area contributed by atoms with Crippen molar-refractivity contribution in [2.75, 3.05) is 49.8 Å².